The van der Waals surface area contributed by atoms with Crippen molar-refractivity contribution in [2.24, 2.45) is 0 Å². The molecule has 1 aliphatic rings. The lowest BCUT2D eigenvalue weighted by Crippen LogP contribution is -1.93. The van der Waals surface area contributed by atoms with Crippen molar-refractivity contribution in [1.82, 2.24) is 0 Å². The van der Waals surface area contributed by atoms with Crippen LogP contribution >= 0.6 is 0 Å². The van der Waals surface area contributed by atoms with E-state index in [9.17, 15) is 4.79 Å². The van der Waals surface area contributed by atoms with Crippen molar-refractivity contribution in [2.45, 2.75) is 13.3 Å². The Hall–Kier alpha value is -1.37. The Kier molecular flexibility index (Phi) is 1.40. The SMILES string of the molecule is C=C1Cc2ccc(C)cc2C1=O. The molecule has 0 radical (unpaired) electrons. The number of benzene rings is 1. The first-order valence-electron chi connectivity index (χ1n) is 4.00. The highest BCUT2D eigenvalue weighted by Crippen LogP contribution is 2.25. The quantitative estimate of drug-likeness (QED) is 0.529. The number of rotatable bonds is 0. The third-order valence-electron chi connectivity index (χ3n) is 2.23. The van der Waals surface area contributed by atoms with Gasteiger partial charge in [0.15, 0.2) is 5.78 Å². The predicted molar refractivity (Wildman–Crippen MR) is 48.4 cm³/mol. The minimum atomic E-state index is 0.119. The van der Waals surface area contributed by atoms with Crippen LogP contribution in [0, 0.1) is 6.92 Å². The molecule has 0 aliphatic heterocycles. The highest BCUT2D eigenvalue weighted by Gasteiger charge is 2.22. The van der Waals surface area contributed by atoms with E-state index in [0.29, 0.717) is 0 Å². The molecule has 1 heteroatoms. The van der Waals surface area contributed by atoms with Crippen LogP contribution in [0.5, 0.6) is 0 Å². The van der Waals surface area contributed by atoms with E-state index < -0.39 is 0 Å². The zero-order chi connectivity index (χ0) is 8.72. The molecule has 0 aromatic heterocycles. The summed E-state index contributed by atoms with van der Waals surface area (Å²) in [5, 5.41) is 0. The van der Waals surface area contributed by atoms with Crippen LogP contribution < -0.4 is 0 Å². The summed E-state index contributed by atoms with van der Waals surface area (Å²) in [6.45, 7) is 5.72. The summed E-state index contributed by atoms with van der Waals surface area (Å²) in [6.07, 6.45) is 0.731. The lowest BCUT2D eigenvalue weighted by Gasteiger charge is -1.96. The number of hydrogen-bond acceptors (Lipinski definition) is 1. The van der Waals surface area contributed by atoms with Crippen molar-refractivity contribution in [2.75, 3.05) is 0 Å². The Morgan fingerprint density at radius 1 is 1.42 bits per heavy atom. The first-order valence-corrected chi connectivity index (χ1v) is 4.00. The van der Waals surface area contributed by atoms with Gasteiger partial charge in [0.25, 0.3) is 0 Å². The minimum absolute atomic E-state index is 0.119. The number of aryl methyl sites for hydroxylation is 1. The van der Waals surface area contributed by atoms with Crippen LogP contribution in [0.1, 0.15) is 21.5 Å². The fourth-order valence-electron chi connectivity index (χ4n) is 1.56. The van der Waals surface area contributed by atoms with Crippen molar-refractivity contribution in [3.05, 3.63) is 47.0 Å². The highest BCUT2D eigenvalue weighted by molar-refractivity contribution is 6.12. The van der Waals surface area contributed by atoms with Gasteiger partial charge in [-0.15, -0.1) is 0 Å². The number of fused-ring (bicyclic) bond motifs is 1. The van der Waals surface area contributed by atoms with Crippen LogP contribution in [-0.4, -0.2) is 5.78 Å². The van der Waals surface area contributed by atoms with E-state index in [4.69, 9.17) is 0 Å². The molecule has 1 aliphatic carbocycles. The van der Waals surface area contributed by atoms with E-state index in [1.807, 2.05) is 25.1 Å². The van der Waals surface area contributed by atoms with E-state index in [1.54, 1.807) is 0 Å². The van der Waals surface area contributed by atoms with Gasteiger partial charge < -0.3 is 0 Å². The zero-order valence-corrected chi connectivity index (χ0v) is 7.05. The smallest absolute Gasteiger partial charge is 0.189 e. The molecule has 0 amide bonds. The molecule has 0 atom stereocenters. The second kappa shape index (κ2) is 2.31. The zero-order valence-electron chi connectivity index (χ0n) is 7.05. The number of Topliss-reactive ketones (excluding diaryl/α,β-unsaturated/α-hetero) is 1. The Bertz CT molecular complexity index is 375. The van der Waals surface area contributed by atoms with E-state index in [2.05, 4.69) is 6.58 Å². The first kappa shape index (κ1) is 7.29. The molecule has 2 rings (SSSR count). The maximum absolute atomic E-state index is 11.4. The third-order valence-corrected chi connectivity index (χ3v) is 2.23. The molecule has 60 valence electrons. The van der Waals surface area contributed by atoms with Gasteiger partial charge in [0.2, 0.25) is 0 Å². The summed E-state index contributed by atoms with van der Waals surface area (Å²) in [5.41, 5.74) is 3.82. The lowest BCUT2D eigenvalue weighted by atomic mass is 10.1. The maximum atomic E-state index is 11.4. The minimum Gasteiger partial charge on any atom is -0.289 e. The van der Waals surface area contributed by atoms with Crippen LogP contribution in [0.25, 0.3) is 0 Å². The Labute approximate surface area is 71.7 Å². The molecule has 1 aromatic carbocycles. The molecule has 1 nitrogen and oxygen atoms in total. The summed E-state index contributed by atoms with van der Waals surface area (Å²) < 4.78 is 0. The van der Waals surface area contributed by atoms with E-state index in [1.165, 1.54) is 0 Å². The van der Waals surface area contributed by atoms with Gasteiger partial charge in [-0.2, -0.15) is 0 Å². The topological polar surface area (TPSA) is 17.1 Å². The molecule has 12 heavy (non-hydrogen) atoms. The van der Waals surface area contributed by atoms with E-state index >= 15 is 0 Å². The Balaban J connectivity index is 2.63. The fourth-order valence-corrected chi connectivity index (χ4v) is 1.56. The summed E-state index contributed by atoms with van der Waals surface area (Å²) in [7, 11) is 0. The van der Waals surface area contributed by atoms with Gasteiger partial charge in [-0.3, -0.25) is 4.79 Å². The fraction of sp³-hybridized carbons (Fsp3) is 0.182. The average Bonchev–Trinajstić information content (AvgIpc) is 2.31. The number of allylic oxidation sites excluding steroid dienone is 1. The normalized spacial score (nSPS) is 15.1. The van der Waals surface area contributed by atoms with Gasteiger partial charge in [-0.05, 0) is 24.1 Å². The van der Waals surface area contributed by atoms with Crippen molar-refractivity contribution in [1.29, 1.82) is 0 Å². The average molecular weight is 158 g/mol. The van der Waals surface area contributed by atoms with E-state index in [-0.39, 0.29) is 5.78 Å². The van der Waals surface area contributed by atoms with Crippen molar-refractivity contribution >= 4 is 5.78 Å². The molecule has 0 saturated heterocycles. The van der Waals surface area contributed by atoms with Crippen LogP contribution in [0.3, 0.4) is 0 Å². The van der Waals surface area contributed by atoms with E-state index in [0.717, 1.165) is 28.7 Å². The number of carbonyl (C=O) groups excluding carboxylic acids is 1. The monoisotopic (exact) mass is 158 g/mol. The molecule has 0 spiro atoms. The van der Waals surface area contributed by atoms with Crippen molar-refractivity contribution < 1.29 is 4.79 Å². The van der Waals surface area contributed by atoms with Gasteiger partial charge >= 0.3 is 0 Å². The van der Waals surface area contributed by atoms with Crippen LogP contribution in [0.15, 0.2) is 30.4 Å². The van der Waals surface area contributed by atoms with Gasteiger partial charge in [0, 0.05) is 12.0 Å². The molecule has 1 aromatic rings. The van der Waals surface area contributed by atoms with Crippen LogP contribution in [-0.2, 0) is 6.42 Å². The molecule has 0 bridgehead atoms. The highest BCUT2D eigenvalue weighted by atomic mass is 16.1. The summed E-state index contributed by atoms with van der Waals surface area (Å²) >= 11 is 0. The molecule has 0 heterocycles. The number of hydrogen-bond donors (Lipinski definition) is 0. The van der Waals surface area contributed by atoms with Crippen LogP contribution in [0.2, 0.25) is 0 Å². The Morgan fingerprint density at radius 2 is 2.17 bits per heavy atom. The second-order valence-corrected chi connectivity index (χ2v) is 3.27. The summed E-state index contributed by atoms with van der Waals surface area (Å²) in [5.74, 6) is 0.119. The molecule has 0 fully saturated rings. The molecule has 0 unspecified atom stereocenters. The predicted octanol–water partition coefficient (Wildman–Crippen LogP) is 2.29. The molecular weight excluding hydrogens is 148 g/mol. The summed E-state index contributed by atoms with van der Waals surface area (Å²) in [6, 6.07) is 5.99. The van der Waals surface area contributed by atoms with Gasteiger partial charge in [0.05, 0.1) is 0 Å². The lowest BCUT2D eigenvalue weighted by molar-refractivity contribution is 0.104. The Morgan fingerprint density at radius 3 is 2.92 bits per heavy atom. The van der Waals surface area contributed by atoms with Crippen molar-refractivity contribution in [3.8, 4) is 0 Å². The summed E-state index contributed by atoms with van der Waals surface area (Å²) in [4.78, 5) is 11.4. The number of carbonyl (C=O) groups is 1. The van der Waals surface area contributed by atoms with Crippen LogP contribution in [0.4, 0.5) is 0 Å². The molecule has 0 N–H and O–H groups in total. The largest absolute Gasteiger partial charge is 0.289 e. The van der Waals surface area contributed by atoms with Gasteiger partial charge in [-0.1, -0.05) is 24.3 Å². The maximum Gasteiger partial charge on any atom is 0.189 e. The second-order valence-electron chi connectivity index (χ2n) is 3.27. The van der Waals surface area contributed by atoms with Gasteiger partial charge in [-0.25, -0.2) is 0 Å². The van der Waals surface area contributed by atoms with Gasteiger partial charge in [0.1, 0.15) is 0 Å². The molecular formula is C11H10O. The third kappa shape index (κ3) is 0.900. The molecule has 0 saturated carbocycles. The van der Waals surface area contributed by atoms with Crippen molar-refractivity contribution in [3.63, 3.8) is 0 Å². The standard InChI is InChI=1S/C11H10O/c1-7-3-4-9-6-8(2)11(12)10(9)5-7/h3-5H,2,6H2,1H3. The first-order chi connectivity index (χ1) is 5.68. The number of ketones is 1.